The van der Waals surface area contributed by atoms with Crippen LogP contribution in [0.4, 0.5) is 5.82 Å². The maximum atomic E-state index is 12.7. The van der Waals surface area contributed by atoms with Gasteiger partial charge in [-0.25, -0.2) is 0 Å². The van der Waals surface area contributed by atoms with Gasteiger partial charge in [0, 0.05) is 17.2 Å². The highest BCUT2D eigenvalue weighted by Gasteiger charge is 2.24. The van der Waals surface area contributed by atoms with Crippen molar-refractivity contribution in [2.75, 3.05) is 5.32 Å². The first kappa shape index (κ1) is 17.4. The smallest absolute Gasteiger partial charge is 0.271 e. The molecule has 3 rings (SSSR count). The number of carbonyl (C=O) groups excluding carboxylic acids is 2. The molecule has 0 fully saturated rings. The Kier molecular flexibility index (Phi) is 5.12. The van der Waals surface area contributed by atoms with Gasteiger partial charge >= 0.3 is 0 Å². The molecule has 0 aliphatic heterocycles. The molecule has 1 atom stereocenters. The summed E-state index contributed by atoms with van der Waals surface area (Å²) in [5.41, 5.74) is 1.27. The number of nitrogens with one attached hydrogen (secondary N) is 1. The number of ketones is 1. The molecule has 0 saturated carbocycles. The molecule has 3 aromatic rings. The number of rotatable bonds is 6. The summed E-state index contributed by atoms with van der Waals surface area (Å²) in [5, 5.41) is 6.46. The topological polar surface area (TPSA) is 81.4 Å². The SMILES string of the molecule is CC(=O)c1ccc(O[C@@H](C(=O)Nc2cc(C)on2)c2ccccc2)cc1. The van der Waals surface area contributed by atoms with Crippen molar-refractivity contribution in [2.45, 2.75) is 20.0 Å². The predicted molar refractivity (Wildman–Crippen MR) is 96.1 cm³/mol. The number of amides is 1. The molecule has 0 radical (unpaired) electrons. The summed E-state index contributed by atoms with van der Waals surface area (Å²) in [7, 11) is 0. The van der Waals surface area contributed by atoms with Crippen molar-refractivity contribution in [3.63, 3.8) is 0 Å². The number of ether oxygens (including phenoxy) is 1. The summed E-state index contributed by atoms with van der Waals surface area (Å²) in [6.45, 7) is 3.24. The first-order valence-electron chi connectivity index (χ1n) is 8.10. The Balaban J connectivity index is 1.83. The normalized spacial score (nSPS) is 11.6. The van der Waals surface area contributed by atoms with Crippen LogP contribution in [0.15, 0.2) is 65.2 Å². The molecule has 2 aromatic carbocycles. The van der Waals surface area contributed by atoms with E-state index in [4.69, 9.17) is 9.26 Å². The highest BCUT2D eigenvalue weighted by atomic mass is 16.5. The molecule has 6 heteroatoms. The van der Waals surface area contributed by atoms with E-state index in [0.717, 1.165) is 0 Å². The van der Waals surface area contributed by atoms with Crippen LogP contribution in [0, 0.1) is 6.92 Å². The van der Waals surface area contributed by atoms with Gasteiger partial charge in [0.05, 0.1) is 0 Å². The zero-order valence-corrected chi connectivity index (χ0v) is 14.4. The van der Waals surface area contributed by atoms with Crippen LogP contribution >= 0.6 is 0 Å². The van der Waals surface area contributed by atoms with E-state index in [9.17, 15) is 9.59 Å². The average molecular weight is 350 g/mol. The molecule has 1 amide bonds. The van der Waals surface area contributed by atoms with Crippen molar-refractivity contribution in [3.8, 4) is 5.75 Å². The molecule has 0 bridgehead atoms. The fraction of sp³-hybridized carbons (Fsp3) is 0.150. The van der Waals surface area contributed by atoms with Gasteiger partial charge in [-0.2, -0.15) is 0 Å². The van der Waals surface area contributed by atoms with Gasteiger partial charge in [-0.15, -0.1) is 0 Å². The highest BCUT2D eigenvalue weighted by molar-refractivity contribution is 5.95. The lowest BCUT2D eigenvalue weighted by molar-refractivity contribution is -0.123. The van der Waals surface area contributed by atoms with E-state index in [-0.39, 0.29) is 11.7 Å². The molecular formula is C20H18N2O4. The number of nitrogens with zero attached hydrogens (tertiary/aromatic N) is 1. The van der Waals surface area contributed by atoms with Crippen LogP contribution < -0.4 is 10.1 Å². The summed E-state index contributed by atoms with van der Waals surface area (Å²) in [6.07, 6.45) is -0.878. The average Bonchev–Trinajstić information content (AvgIpc) is 3.05. The van der Waals surface area contributed by atoms with E-state index in [1.54, 1.807) is 37.3 Å². The number of hydrogen-bond acceptors (Lipinski definition) is 5. The molecule has 132 valence electrons. The second-order valence-electron chi connectivity index (χ2n) is 5.80. The maximum Gasteiger partial charge on any atom is 0.271 e. The summed E-state index contributed by atoms with van der Waals surface area (Å²) in [4.78, 5) is 24.1. The molecule has 0 aliphatic rings. The fourth-order valence-corrected chi connectivity index (χ4v) is 2.42. The molecular weight excluding hydrogens is 332 g/mol. The third-order valence-electron chi connectivity index (χ3n) is 3.73. The quantitative estimate of drug-likeness (QED) is 0.681. The van der Waals surface area contributed by atoms with Gasteiger partial charge in [0.15, 0.2) is 11.6 Å². The second kappa shape index (κ2) is 7.65. The monoisotopic (exact) mass is 350 g/mol. The Morgan fingerprint density at radius 2 is 1.77 bits per heavy atom. The van der Waals surface area contributed by atoms with Crippen LogP contribution in [0.2, 0.25) is 0 Å². The number of benzene rings is 2. The first-order valence-corrected chi connectivity index (χ1v) is 8.10. The summed E-state index contributed by atoms with van der Waals surface area (Å²) < 4.78 is 10.9. The Morgan fingerprint density at radius 3 is 2.35 bits per heavy atom. The number of Topliss-reactive ketones (excluding diaryl/α,β-unsaturated/α-hetero) is 1. The Hall–Kier alpha value is -3.41. The molecule has 26 heavy (non-hydrogen) atoms. The van der Waals surface area contributed by atoms with E-state index < -0.39 is 6.10 Å². The van der Waals surface area contributed by atoms with E-state index in [1.807, 2.05) is 30.3 Å². The minimum Gasteiger partial charge on any atom is -0.476 e. The lowest BCUT2D eigenvalue weighted by atomic mass is 10.1. The minimum atomic E-state index is -0.878. The molecule has 1 N–H and O–H groups in total. The van der Waals surface area contributed by atoms with Gasteiger partial charge in [0.2, 0.25) is 6.10 Å². The largest absolute Gasteiger partial charge is 0.476 e. The van der Waals surface area contributed by atoms with Gasteiger partial charge < -0.3 is 14.6 Å². The van der Waals surface area contributed by atoms with Gasteiger partial charge in [-0.05, 0) is 38.1 Å². The van der Waals surface area contributed by atoms with Crippen LogP contribution in [0.1, 0.15) is 34.7 Å². The number of carbonyl (C=O) groups is 2. The third kappa shape index (κ3) is 4.16. The number of aromatic nitrogens is 1. The molecule has 1 heterocycles. The molecule has 1 aromatic heterocycles. The molecule has 0 spiro atoms. The summed E-state index contributed by atoms with van der Waals surface area (Å²) in [5.74, 6) is 0.993. The summed E-state index contributed by atoms with van der Waals surface area (Å²) >= 11 is 0. The first-order chi connectivity index (χ1) is 12.5. The van der Waals surface area contributed by atoms with E-state index in [1.165, 1.54) is 6.92 Å². The van der Waals surface area contributed by atoms with Crippen LogP contribution in [0.5, 0.6) is 5.75 Å². The van der Waals surface area contributed by atoms with Gasteiger partial charge in [0.25, 0.3) is 5.91 Å². The standard InChI is InChI=1S/C20H18N2O4/c1-13-12-18(22-26-13)21-20(24)19(16-6-4-3-5-7-16)25-17-10-8-15(9-11-17)14(2)23/h3-12,19H,1-2H3,(H,21,22,24)/t19-/m1/s1. The number of hydrogen-bond donors (Lipinski definition) is 1. The van der Waals surface area contributed by atoms with Crippen molar-refractivity contribution >= 4 is 17.5 Å². The Bertz CT molecular complexity index is 901. The van der Waals surface area contributed by atoms with Gasteiger partial charge in [-0.1, -0.05) is 35.5 Å². The van der Waals surface area contributed by atoms with Crippen molar-refractivity contribution in [1.82, 2.24) is 5.16 Å². The van der Waals surface area contributed by atoms with Crippen molar-refractivity contribution < 1.29 is 18.8 Å². The van der Waals surface area contributed by atoms with Crippen LogP contribution in [0.3, 0.4) is 0 Å². The van der Waals surface area contributed by atoms with Gasteiger partial charge in [0.1, 0.15) is 11.5 Å². The summed E-state index contributed by atoms with van der Waals surface area (Å²) in [6, 6.07) is 17.4. The van der Waals surface area contributed by atoms with Crippen LogP contribution in [0.25, 0.3) is 0 Å². The molecule has 0 saturated heterocycles. The molecule has 0 unspecified atom stereocenters. The van der Waals surface area contributed by atoms with E-state index in [0.29, 0.717) is 28.5 Å². The fourth-order valence-electron chi connectivity index (χ4n) is 2.42. The lowest BCUT2D eigenvalue weighted by Gasteiger charge is -2.18. The zero-order valence-electron chi connectivity index (χ0n) is 14.4. The molecule has 6 nitrogen and oxygen atoms in total. The van der Waals surface area contributed by atoms with Crippen molar-refractivity contribution in [1.29, 1.82) is 0 Å². The third-order valence-corrected chi connectivity index (χ3v) is 3.73. The van der Waals surface area contributed by atoms with E-state index in [2.05, 4.69) is 10.5 Å². The number of anilines is 1. The van der Waals surface area contributed by atoms with Crippen molar-refractivity contribution in [3.05, 3.63) is 77.6 Å². The maximum absolute atomic E-state index is 12.7. The second-order valence-corrected chi connectivity index (χ2v) is 5.80. The predicted octanol–water partition coefficient (Wildman–Crippen LogP) is 3.94. The zero-order chi connectivity index (χ0) is 18.5. The highest BCUT2D eigenvalue weighted by Crippen LogP contribution is 2.24. The minimum absolute atomic E-state index is 0.0321. The van der Waals surface area contributed by atoms with E-state index >= 15 is 0 Å². The lowest BCUT2D eigenvalue weighted by Crippen LogP contribution is -2.25. The Labute approximate surface area is 150 Å². The van der Waals surface area contributed by atoms with Crippen LogP contribution in [-0.2, 0) is 4.79 Å². The Morgan fingerprint density at radius 1 is 1.08 bits per heavy atom. The molecule has 0 aliphatic carbocycles. The van der Waals surface area contributed by atoms with Gasteiger partial charge in [-0.3, -0.25) is 9.59 Å². The van der Waals surface area contributed by atoms with Crippen LogP contribution in [-0.4, -0.2) is 16.8 Å². The number of aryl methyl sites for hydroxylation is 1. The van der Waals surface area contributed by atoms with Crippen molar-refractivity contribution in [2.24, 2.45) is 0 Å².